The predicted octanol–water partition coefficient (Wildman–Crippen LogP) is 2.21. The number of rotatable bonds is 4. The van der Waals surface area contributed by atoms with Crippen LogP contribution in [-0.4, -0.2) is 71.7 Å². The van der Waals surface area contributed by atoms with E-state index < -0.39 is 0 Å². The molecule has 11 heteroatoms. The van der Waals surface area contributed by atoms with Gasteiger partial charge in [-0.2, -0.15) is 9.78 Å². The predicted molar refractivity (Wildman–Crippen MR) is 129 cm³/mol. The van der Waals surface area contributed by atoms with Gasteiger partial charge in [-0.3, -0.25) is 4.79 Å². The number of hydrogen-bond donors (Lipinski definition) is 1. The molecular formula is C24H31N9O2. The summed E-state index contributed by atoms with van der Waals surface area (Å²) in [5.74, 6) is 2.24. The average molecular weight is 478 g/mol. The van der Waals surface area contributed by atoms with E-state index in [0.29, 0.717) is 29.8 Å². The number of piperidine rings is 1. The van der Waals surface area contributed by atoms with Gasteiger partial charge in [-0.15, -0.1) is 10.2 Å². The molecule has 2 atom stereocenters. The number of amides is 1. The zero-order valence-corrected chi connectivity index (χ0v) is 20.9. The lowest BCUT2D eigenvalue weighted by atomic mass is 9.80. The molecule has 0 aromatic carbocycles. The standard InChI is InChI=1S/C24H31N9O2/c1-14(19-12-20(35-5)27-16(3)26-19)23(34)33-10-6-8-24(13-33)9-7-17-11-18(15(2)25-21(17)28-24)22-29-31-32(4)30-22/h11-12,14H,6-10,13H2,1-5H3,(H,25,28)/t14-,24+/m0/s1. The van der Waals surface area contributed by atoms with Gasteiger partial charge in [-0.1, -0.05) is 0 Å². The Hall–Kier alpha value is -3.63. The molecule has 1 spiro atoms. The van der Waals surface area contributed by atoms with Crippen LogP contribution in [0.5, 0.6) is 5.88 Å². The van der Waals surface area contributed by atoms with Gasteiger partial charge in [-0.25, -0.2) is 9.97 Å². The van der Waals surface area contributed by atoms with Crippen molar-refractivity contribution in [3.8, 4) is 17.3 Å². The number of methoxy groups -OCH3 is 1. The third-order valence-corrected chi connectivity index (χ3v) is 7.04. The monoisotopic (exact) mass is 477 g/mol. The van der Waals surface area contributed by atoms with Crippen LogP contribution in [0.3, 0.4) is 0 Å². The molecule has 3 aromatic rings. The molecule has 5 rings (SSSR count). The number of nitrogens with zero attached hydrogens (tertiary/aromatic N) is 8. The number of aryl methyl sites for hydroxylation is 4. The maximum atomic E-state index is 13.5. The number of fused-ring (bicyclic) bond motifs is 1. The molecule has 1 amide bonds. The second kappa shape index (κ2) is 8.86. The molecule has 1 saturated heterocycles. The van der Waals surface area contributed by atoms with Crippen LogP contribution in [0.15, 0.2) is 12.1 Å². The highest BCUT2D eigenvalue weighted by Gasteiger charge is 2.41. The van der Waals surface area contributed by atoms with Gasteiger partial charge in [0.1, 0.15) is 11.6 Å². The SMILES string of the molecule is COc1cc([C@H](C)C(=O)N2CCC[C@@]3(CCc4cc(-c5nnn(C)n5)c(C)nc4N3)C2)nc(C)n1. The summed E-state index contributed by atoms with van der Waals surface area (Å²) in [6, 6.07) is 3.87. The summed E-state index contributed by atoms with van der Waals surface area (Å²) in [6.07, 6.45) is 3.74. The van der Waals surface area contributed by atoms with E-state index in [1.165, 1.54) is 4.80 Å². The summed E-state index contributed by atoms with van der Waals surface area (Å²) in [5, 5.41) is 16.1. The van der Waals surface area contributed by atoms with E-state index in [2.05, 4.69) is 36.8 Å². The molecule has 0 aliphatic carbocycles. The van der Waals surface area contributed by atoms with Crippen LogP contribution in [0.2, 0.25) is 0 Å². The number of likely N-dealkylation sites (tertiary alicyclic amines) is 1. The Morgan fingerprint density at radius 3 is 2.77 bits per heavy atom. The fourth-order valence-electron chi connectivity index (χ4n) is 5.17. The lowest BCUT2D eigenvalue weighted by Gasteiger charge is -2.46. The number of tetrazole rings is 1. The first-order valence-electron chi connectivity index (χ1n) is 12.0. The Kier molecular flexibility index (Phi) is 5.86. The molecule has 0 unspecified atom stereocenters. The Labute approximate surface area is 204 Å². The third-order valence-electron chi connectivity index (χ3n) is 7.04. The molecule has 2 aliphatic rings. The van der Waals surface area contributed by atoms with Crippen molar-refractivity contribution in [3.63, 3.8) is 0 Å². The number of carbonyl (C=O) groups is 1. The summed E-state index contributed by atoms with van der Waals surface area (Å²) < 4.78 is 5.28. The number of aromatic nitrogens is 7. The van der Waals surface area contributed by atoms with Gasteiger partial charge in [0.25, 0.3) is 0 Å². The lowest BCUT2D eigenvalue weighted by Crippen LogP contribution is -2.56. The van der Waals surface area contributed by atoms with Crippen LogP contribution in [0.25, 0.3) is 11.4 Å². The molecule has 3 aromatic heterocycles. The fraction of sp³-hybridized carbons (Fsp3) is 0.542. The topological polar surface area (TPSA) is 124 Å². The maximum absolute atomic E-state index is 13.5. The Morgan fingerprint density at radius 1 is 1.20 bits per heavy atom. The van der Waals surface area contributed by atoms with Gasteiger partial charge in [0, 0.05) is 24.7 Å². The molecule has 35 heavy (non-hydrogen) atoms. The molecule has 1 N–H and O–H groups in total. The van der Waals surface area contributed by atoms with E-state index in [9.17, 15) is 4.79 Å². The zero-order chi connectivity index (χ0) is 24.7. The summed E-state index contributed by atoms with van der Waals surface area (Å²) >= 11 is 0. The van der Waals surface area contributed by atoms with Crippen LogP contribution in [0.4, 0.5) is 5.82 Å². The van der Waals surface area contributed by atoms with Crippen LogP contribution in [-0.2, 0) is 18.3 Å². The van der Waals surface area contributed by atoms with Gasteiger partial charge in [0.05, 0.1) is 37.0 Å². The number of pyridine rings is 1. The molecule has 1 fully saturated rings. The van der Waals surface area contributed by atoms with Gasteiger partial charge in [0.2, 0.25) is 17.6 Å². The van der Waals surface area contributed by atoms with E-state index in [-0.39, 0.29) is 17.4 Å². The largest absolute Gasteiger partial charge is 0.481 e. The summed E-state index contributed by atoms with van der Waals surface area (Å²) in [7, 11) is 3.32. The first kappa shape index (κ1) is 23.1. The number of carbonyl (C=O) groups excluding carboxylic acids is 1. The summed E-state index contributed by atoms with van der Waals surface area (Å²) in [5.41, 5.74) is 3.39. The van der Waals surface area contributed by atoms with E-state index >= 15 is 0 Å². The van der Waals surface area contributed by atoms with E-state index in [1.807, 2.05) is 25.7 Å². The highest BCUT2D eigenvalue weighted by Crippen LogP contribution is 2.38. The van der Waals surface area contributed by atoms with Gasteiger partial charge >= 0.3 is 0 Å². The van der Waals surface area contributed by atoms with Crippen molar-refractivity contribution >= 4 is 11.7 Å². The Morgan fingerprint density at radius 2 is 2.03 bits per heavy atom. The van der Waals surface area contributed by atoms with Crippen molar-refractivity contribution < 1.29 is 9.53 Å². The van der Waals surface area contributed by atoms with Gasteiger partial charge < -0.3 is 15.0 Å². The van der Waals surface area contributed by atoms with Crippen LogP contribution < -0.4 is 10.1 Å². The average Bonchev–Trinajstić information content (AvgIpc) is 3.28. The molecular weight excluding hydrogens is 446 g/mol. The maximum Gasteiger partial charge on any atom is 0.231 e. The van der Waals surface area contributed by atoms with Crippen molar-refractivity contribution in [2.75, 3.05) is 25.5 Å². The molecule has 0 radical (unpaired) electrons. The Bertz CT molecular complexity index is 1270. The van der Waals surface area contributed by atoms with E-state index in [0.717, 1.165) is 54.9 Å². The fourth-order valence-corrected chi connectivity index (χ4v) is 5.17. The lowest BCUT2D eigenvalue weighted by molar-refractivity contribution is -0.134. The molecule has 0 saturated carbocycles. The molecule has 11 nitrogen and oxygen atoms in total. The van der Waals surface area contributed by atoms with Crippen molar-refractivity contribution in [2.45, 2.75) is 57.9 Å². The number of anilines is 1. The minimum Gasteiger partial charge on any atom is -0.481 e. The first-order valence-corrected chi connectivity index (χ1v) is 12.0. The van der Waals surface area contributed by atoms with Crippen molar-refractivity contribution in [2.24, 2.45) is 7.05 Å². The highest BCUT2D eigenvalue weighted by atomic mass is 16.5. The second-order valence-corrected chi connectivity index (χ2v) is 9.60. The van der Waals surface area contributed by atoms with E-state index in [1.54, 1.807) is 20.2 Å². The van der Waals surface area contributed by atoms with Gasteiger partial charge in [0.15, 0.2) is 0 Å². The molecule has 5 heterocycles. The third kappa shape index (κ3) is 4.42. The van der Waals surface area contributed by atoms with Crippen molar-refractivity contribution in [1.82, 2.24) is 40.1 Å². The number of ether oxygens (including phenoxy) is 1. The normalized spacial score (nSPS) is 20.3. The molecule has 0 bridgehead atoms. The number of hydrogen-bond acceptors (Lipinski definition) is 9. The van der Waals surface area contributed by atoms with Crippen molar-refractivity contribution in [1.29, 1.82) is 0 Å². The summed E-state index contributed by atoms with van der Waals surface area (Å²) in [4.78, 5) is 30.5. The van der Waals surface area contributed by atoms with Gasteiger partial charge in [-0.05, 0) is 63.3 Å². The highest BCUT2D eigenvalue weighted by molar-refractivity contribution is 5.83. The number of nitrogens with one attached hydrogen (secondary N) is 1. The second-order valence-electron chi connectivity index (χ2n) is 9.60. The quantitative estimate of drug-likeness (QED) is 0.602. The smallest absolute Gasteiger partial charge is 0.231 e. The first-order chi connectivity index (χ1) is 16.8. The van der Waals surface area contributed by atoms with Crippen LogP contribution >= 0.6 is 0 Å². The van der Waals surface area contributed by atoms with Crippen LogP contribution in [0.1, 0.15) is 54.9 Å². The zero-order valence-electron chi connectivity index (χ0n) is 20.9. The molecule has 184 valence electrons. The summed E-state index contributed by atoms with van der Waals surface area (Å²) in [6.45, 7) is 7.06. The van der Waals surface area contributed by atoms with Crippen molar-refractivity contribution in [3.05, 3.63) is 34.9 Å². The van der Waals surface area contributed by atoms with Crippen LogP contribution in [0, 0.1) is 13.8 Å². The minimum absolute atomic E-state index is 0.0741. The molecule has 2 aliphatic heterocycles. The Balaban J connectivity index is 1.35. The minimum atomic E-state index is -0.376. The van der Waals surface area contributed by atoms with E-state index in [4.69, 9.17) is 9.72 Å².